The number of aromatic nitrogens is 1. The van der Waals surface area contributed by atoms with E-state index in [-0.39, 0.29) is 16.6 Å². The molecule has 100 valence electrons. The molecule has 7 heteroatoms. The van der Waals surface area contributed by atoms with Crippen LogP contribution in [-0.2, 0) is 9.05 Å². The normalized spacial score (nSPS) is 11.3. The zero-order valence-electron chi connectivity index (χ0n) is 9.80. The molecule has 4 nitrogen and oxygen atoms in total. The second-order valence-electron chi connectivity index (χ2n) is 3.78. The molecule has 2 rings (SSSR count). The highest BCUT2D eigenvalue weighted by Crippen LogP contribution is 2.23. The van der Waals surface area contributed by atoms with Gasteiger partial charge in [-0.3, -0.25) is 0 Å². The minimum Gasteiger partial charge on any atom is -0.439 e. The predicted molar refractivity (Wildman–Crippen MR) is 68.5 cm³/mol. The molecule has 0 saturated heterocycles. The highest BCUT2D eigenvalue weighted by Gasteiger charge is 2.10. The standard InChI is InChI=1S/C12H9ClFNO3S/c1-8-6-9(2-4-11(8)14)18-12-5-3-10(7-15-12)19(13,16)17/h2-7H,1H3. The summed E-state index contributed by atoms with van der Waals surface area (Å²) in [6, 6.07) is 6.90. The van der Waals surface area contributed by atoms with Gasteiger partial charge in [0.1, 0.15) is 16.5 Å². The van der Waals surface area contributed by atoms with Crippen LogP contribution in [0.5, 0.6) is 11.6 Å². The van der Waals surface area contributed by atoms with E-state index in [0.717, 1.165) is 6.20 Å². The van der Waals surface area contributed by atoms with E-state index in [2.05, 4.69) is 4.98 Å². The molecule has 0 spiro atoms. The molecule has 0 amide bonds. The molecule has 0 N–H and O–H groups in total. The van der Waals surface area contributed by atoms with Crippen LogP contribution in [0, 0.1) is 12.7 Å². The Balaban J connectivity index is 2.22. The number of ether oxygens (including phenoxy) is 1. The monoisotopic (exact) mass is 301 g/mol. The molecule has 0 unspecified atom stereocenters. The average Bonchev–Trinajstić information content (AvgIpc) is 2.33. The predicted octanol–water partition coefficient (Wildman–Crippen LogP) is 3.25. The fraction of sp³-hybridized carbons (Fsp3) is 0.0833. The summed E-state index contributed by atoms with van der Waals surface area (Å²) in [4.78, 5) is 3.70. The molecule has 0 aliphatic rings. The molecular weight excluding hydrogens is 293 g/mol. The first-order valence-electron chi connectivity index (χ1n) is 5.21. The zero-order valence-corrected chi connectivity index (χ0v) is 11.4. The second-order valence-corrected chi connectivity index (χ2v) is 6.35. The van der Waals surface area contributed by atoms with Gasteiger partial charge in [-0.25, -0.2) is 17.8 Å². The number of halogens is 2. The molecule has 0 fully saturated rings. The highest BCUT2D eigenvalue weighted by molar-refractivity contribution is 8.13. The molecule has 1 aromatic heterocycles. The van der Waals surface area contributed by atoms with Crippen LogP contribution in [0.25, 0.3) is 0 Å². The smallest absolute Gasteiger partial charge is 0.262 e. The number of pyridine rings is 1. The summed E-state index contributed by atoms with van der Waals surface area (Å²) < 4.78 is 40.5. The van der Waals surface area contributed by atoms with Gasteiger partial charge >= 0.3 is 0 Å². The number of benzene rings is 1. The Hall–Kier alpha value is -1.66. The Labute approximate surface area is 114 Å². The fourth-order valence-electron chi connectivity index (χ4n) is 1.37. The van der Waals surface area contributed by atoms with Crippen molar-refractivity contribution in [3.63, 3.8) is 0 Å². The number of nitrogens with zero attached hydrogens (tertiary/aromatic N) is 1. The number of hydrogen-bond donors (Lipinski definition) is 0. The van der Waals surface area contributed by atoms with E-state index in [1.54, 1.807) is 6.92 Å². The van der Waals surface area contributed by atoms with Crippen LogP contribution in [0.15, 0.2) is 41.4 Å². The molecular formula is C12H9ClFNO3S. The maximum Gasteiger partial charge on any atom is 0.262 e. The minimum atomic E-state index is -3.80. The quantitative estimate of drug-likeness (QED) is 0.817. The van der Waals surface area contributed by atoms with Gasteiger partial charge in [-0.05, 0) is 36.8 Å². The van der Waals surface area contributed by atoms with Crippen molar-refractivity contribution in [3.05, 3.63) is 47.9 Å². The van der Waals surface area contributed by atoms with Crippen molar-refractivity contribution < 1.29 is 17.5 Å². The Bertz CT molecular complexity index is 701. The minimum absolute atomic E-state index is 0.114. The van der Waals surface area contributed by atoms with Crippen molar-refractivity contribution in [1.82, 2.24) is 4.98 Å². The summed E-state index contributed by atoms with van der Waals surface area (Å²) in [5, 5.41) is 0. The molecule has 2 aromatic rings. The van der Waals surface area contributed by atoms with Crippen LogP contribution in [0.3, 0.4) is 0 Å². The molecule has 0 radical (unpaired) electrons. The van der Waals surface area contributed by atoms with Crippen LogP contribution in [0.1, 0.15) is 5.56 Å². The summed E-state index contributed by atoms with van der Waals surface area (Å²) in [5.74, 6) is 0.270. The van der Waals surface area contributed by atoms with Gasteiger partial charge in [-0.15, -0.1) is 0 Å². The lowest BCUT2D eigenvalue weighted by Gasteiger charge is -2.06. The third-order valence-corrected chi connectivity index (χ3v) is 3.68. The van der Waals surface area contributed by atoms with Crippen LogP contribution in [-0.4, -0.2) is 13.4 Å². The third kappa shape index (κ3) is 3.42. The third-order valence-electron chi connectivity index (χ3n) is 2.34. The van der Waals surface area contributed by atoms with Gasteiger partial charge in [0.25, 0.3) is 9.05 Å². The average molecular weight is 302 g/mol. The summed E-state index contributed by atoms with van der Waals surface area (Å²) in [7, 11) is 1.36. The maximum absolute atomic E-state index is 13.1. The van der Waals surface area contributed by atoms with Crippen molar-refractivity contribution in [2.45, 2.75) is 11.8 Å². The number of hydrogen-bond acceptors (Lipinski definition) is 4. The van der Waals surface area contributed by atoms with Gasteiger partial charge in [-0.1, -0.05) is 0 Å². The number of aryl methyl sites for hydroxylation is 1. The van der Waals surface area contributed by atoms with Crippen LogP contribution < -0.4 is 4.74 Å². The van der Waals surface area contributed by atoms with Crippen LogP contribution in [0.2, 0.25) is 0 Å². The Morgan fingerprint density at radius 3 is 2.53 bits per heavy atom. The van der Waals surface area contributed by atoms with E-state index < -0.39 is 9.05 Å². The molecule has 0 bridgehead atoms. The number of rotatable bonds is 3. The first-order valence-corrected chi connectivity index (χ1v) is 7.52. The van der Waals surface area contributed by atoms with Gasteiger partial charge in [-0.2, -0.15) is 0 Å². The lowest BCUT2D eigenvalue weighted by molar-refractivity contribution is 0.459. The van der Waals surface area contributed by atoms with Crippen molar-refractivity contribution in [2.24, 2.45) is 0 Å². The van der Waals surface area contributed by atoms with Gasteiger partial charge in [0.15, 0.2) is 0 Å². The van der Waals surface area contributed by atoms with Crippen molar-refractivity contribution in [3.8, 4) is 11.6 Å². The first-order chi connectivity index (χ1) is 8.86. The van der Waals surface area contributed by atoms with Crippen molar-refractivity contribution in [1.29, 1.82) is 0 Å². The molecule has 0 saturated carbocycles. The molecule has 1 aromatic carbocycles. The van der Waals surface area contributed by atoms with E-state index in [9.17, 15) is 12.8 Å². The second kappa shape index (κ2) is 5.14. The Morgan fingerprint density at radius 1 is 1.26 bits per heavy atom. The first kappa shape index (κ1) is 13.8. The summed E-state index contributed by atoms with van der Waals surface area (Å²) in [6.07, 6.45) is 1.09. The van der Waals surface area contributed by atoms with E-state index in [1.807, 2.05) is 0 Å². The zero-order chi connectivity index (χ0) is 14.0. The van der Waals surface area contributed by atoms with Gasteiger partial charge < -0.3 is 4.74 Å². The van der Waals surface area contributed by atoms with Gasteiger partial charge in [0.2, 0.25) is 5.88 Å². The van der Waals surface area contributed by atoms with Gasteiger partial charge in [0, 0.05) is 16.7 Å². The van der Waals surface area contributed by atoms with Crippen LogP contribution >= 0.6 is 10.7 Å². The lowest BCUT2D eigenvalue weighted by atomic mass is 10.2. The molecule has 0 aliphatic carbocycles. The molecule has 0 atom stereocenters. The fourth-order valence-corrected chi connectivity index (χ4v) is 2.06. The summed E-state index contributed by atoms with van der Waals surface area (Å²) in [5.41, 5.74) is 0.442. The maximum atomic E-state index is 13.1. The summed E-state index contributed by atoms with van der Waals surface area (Å²) in [6.45, 7) is 1.61. The molecule has 0 aliphatic heterocycles. The van der Waals surface area contributed by atoms with Gasteiger partial charge in [0.05, 0.1) is 6.20 Å². The largest absolute Gasteiger partial charge is 0.439 e. The van der Waals surface area contributed by atoms with E-state index in [4.69, 9.17) is 15.4 Å². The SMILES string of the molecule is Cc1cc(Oc2ccc(S(=O)(=O)Cl)cn2)ccc1F. The summed E-state index contributed by atoms with van der Waals surface area (Å²) >= 11 is 0. The topological polar surface area (TPSA) is 56.3 Å². The Kier molecular flexibility index (Phi) is 3.73. The lowest BCUT2D eigenvalue weighted by Crippen LogP contribution is -1.94. The van der Waals surface area contributed by atoms with E-state index in [0.29, 0.717) is 11.3 Å². The highest BCUT2D eigenvalue weighted by atomic mass is 35.7. The van der Waals surface area contributed by atoms with Crippen LogP contribution in [0.4, 0.5) is 4.39 Å². The Morgan fingerprint density at radius 2 is 2.00 bits per heavy atom. The molecule has 19 heavy (non-hydrogen) atoms. The van der Waals surface area contributed by atoms with Crippen molar-refractivity contribution in [2.75, 3.05) is 0 Å². The van der Waals surface area contributed by atoms with E-state index in [1.165, 1.54) is 30.3 Å². The van der Waals surface area contributed by atoms with Crippen molar-refractivity contribution >= 4 is 19.7 Å². The molecule has 1 heterocycles. The van der Waals surface area contributed by atoms with E-state index >= 15 is 0 Å².